The van der Waals surface area contributed by atoms with Crippen LogP contribution in [0.1, 0.15) is 26.3 Å². The van der Waals surface area contributed by atoms with E-state index in [4.69, 9.17) is 27.6 Å². The van der Waals surface area contributed by atoms with Crippen LogP contribution in [0.3, 0.4) is 0 Å². The average Bonchev–Trinajstić information content (AvgIpc) is 2.19. The van der Waals surface area contributed by atoms with Gasteiger partial charge in [-0.25, -0.2) is 4.39 Å². The summed E-state index contributed by atoms with van der Waals surface area (Å²) in [6, 6.07) is 2.96. The Bertz CT molecular complexity index is 441. The van der Waals surface area contributed by atoms with Gasteiger partial charge in [-0.2, -0.15) is 0 Å². The van der Waals surface area contributed by atoms with Crippen LogP contribution in [0.15, 0.2) is 12.1 Å². The minimum atomic E-state index is -1.90. The SMILES string of the molecule is CC(C)(C)[Si](C)(C)OCc1cc(Cl)cc(Cl)c1F. The summed E-state index contributed by atoms with van der Waals surface area (Å²) in [4.78, 5) is 0. The van der Waals surface area contributed by atoms with E-state index >= 15 is 0 Å². The molecule has 1 rings (SSSR count). The highest BCUT2D eigenvalue weighted by atomic mass is 35.5. The number of benzene rings is 1. The standard InChI is InChI=1S/C13H19Cl2FOSi/c1-13(2,3)18(4,5)17-8-9-6-10(14)7-11(15)12(9)16/h6-7H,8H2,1-5H3. The van der Waals surface area contributed by atoms with Gasteiger partial charge in [-0.1, -0.05) is 44.0 Å². The normalized spacial score (nSPS) is 12.9. The topological polar surface area (TPSA) is 9.23 Å². The van der Waals surface area contributed by atoms with Crippen LogP contribution in [-0.2, 0) is 11.0 Å². The molecule has 1 aromatic rings. The summed E-state index contributed by atoms with van der Waals surface area (Å²) in [7, 11) is -1.90. The Morgan fingerprint density at radius 3 is 2.28 bits per heavy atom. The molecule has 0 aliphatic carbocycles. The molecule has 1 nitrogen and oxygen atoms in total. The van der Waals surface area contributed by atoms with Crippen LogP contribution in [0.5, 0.6) is 0 Å². The molecule has 0 fully saturated rings. The number of halogens is 3. The molecule has 18 heavy (non-hydrogen) atoms. The summed E-state index contributed by atoms with van der Waals surface area (Å²) in [6.07, 6.45) is 0. The van der Waals surface area contributed by atoms with Crippen molar-refractivity contribution in [2.24, 2.45) is 0 Å². The van der Waals surface area contributed by atoms with E-state index in [-0.39, 0.29) is 16.7 Å². The summed E-state index contributed by atoms with van der Waals surface area (Å²) in [6.45, 7) is 10.9. The zero-order chi connectivity index (χ0) is 14.1. The van der Waals surface area contributed by atoms with Crippen LogP contribution in [-0.4, -0.2) is 8.32 Å². The van der Waals surface area contributed by atoms with E-state index in [0.717, 1.165) is 0 Å². The van der Waals surface area contributed by atoms with Crippen LogP contribution in [0.25, 0.3) is 0 Å². The maximum absolute atomic E-state index is 13.8. The average molecular weight is 309 g/mol. The lowest BCUT2D eigenvalue weighted by atomic mass is 10.2. The minimum absolute atomic E-state index is 0.0383. The van der Waals surface area contributed by atoms with Gasteiger partial charge in [0.25, 0.3) is 0 Å². The third-order valence-electron chi connectivity index (χ3n) is 3.46. The number of hydrogen-bond donors (Lipinski definition) is 0. The van der Waals surface area contributed by atoms with Gasteiger partial charge in [0.2, 0.25) is 0 Å². The van der Waals surface area contributed by atoms with E-state index in [2.05, 4.69) is 33.9 Å². The maximum atomic E-state index is 13.8. The van der Waals surface area contributed by atoms with Gasteiger partial charge < -0.3 is 4.43 Å². The van der Waals surface area contributed by atoms with E-state index in [0.29, 0.717) is 10.6 Å². The van der Waals surface area contributed by atoms with Gasteiger partial charge >= 0.3 is 0 Å². The molecule has 0 aliphatic heterocycles. The van der Waals surface area contributed by atoms with E-state index in [1.807, 2.05) is 0 Å². The van der Waals surface area contributed by atoms with Crippen molar-refractivity contribution in [1.29, 1.82) is 0 Å². The predicted octanol–water partition coefficient (Wildman–Crippen LogP) is 5.65. The van der Waals surface area contributed by atoms with Gasteiger partial charge in [0, 0.05) is 10.6 Å². The Kier molecular flexibility index (Phi) is 4.87. The molecule has 0 aromatic heterocycles. The van der Waals surface area contributed by atoms with Gasteiger partial charge in [0.1, 0.15) is 5.82 Å². The summed E-state index contributed by atoms with van der Waals surface area (Å²) >= 11 is 11.6. The Labute approximate surface area is 119 Å². The van der Waals surface area contributed by atoms with Crippen molar-refractivity contribution < 1.29 is 8.82 Å². The molecule has 0 atom stereocenters. The second-order valence-corrected chi connectivity index (χ2v) is 11.6. The first-order valence-electron chi connectivity index (χ1n) is 5.82. The second-order valence-electron chi connectivity index (χ2n) is 5.91. The molecular formula is C13H19Cl2FOSi. The molecule has 1 aromatic carbocycles. The molecule has 102 valence electrons. The van der Waals surface area contributed by atoms with Crippen molar-refractivity contribution in [1.82, 2.24) is 0 Å². The van der Waals surface area contributed by atoms with Gasteiger partial charge in [-0.3, -0.25) is 0 Å². The molecule has 0 amide bonds. The van der Waals surface area contributed by atoms with Crippen molar-refractivity contribution in [2.75, 3.05) is 0 Å². The largest absolute Gasteiger partial charge is 0.412 e. The highest BCUT2D eigenvalue weighted by Gasteiger charge is 2.37. The zero-order valence-electron chi connectivity index (χ0n) is 11.4. The molecule has 0 radical (unpaired) electrons. The van der Waals surface area contributed by atoms with Crippen LogP contribution in [0.4, 0.5) is 4.39 Å². The van der Waals surface area contributed by atoms with E-state index < -0.39 is 14.1 Å². The monoisotopic (exact) mass is 308 g/mol. The highest BCUT2D eigenvalue weighted by Crippen LogP contribution is 2.37. The van der Waals surface area contributed by atoms with Crippen molar-refractivity contribution in [3.63, 3.8) is 0 Å². The number of rotatable bonds is 3. The smallest absolute Gasteiger partial charge is 0.192 e. The molecule has 0 spiro atoms. The lowest BCUT2D eigenvalue weighted by Crippen LogP contribution is -2.40. The minimum Gasteiger partial charge on any atom is -0.412 e. The third kappa shape index (κ3) is 3.70. The molecule has 0 aliphatic rings. The van der Waals surface area contributed by atoms with E-state index in [1.54, 1.807) is 6.07 Å². The molecule has 0 saturated heterocycles. The quantitative estimate of drug-likeness (QED) is 0.517. The van der Waals surface area contributed by atoms with Crippen LogP contribution in [0, 0.1) is 5.82 Å². The van der Waals surface area contributed by atoms with Gasteiger partial charge in [-0.15, -0.1) is 0 Å². The lowest BCUT2D eigenvalue weighted by molar-refractivity contribution is 0.271. The van der Waals surface area contributed by atoms with Crippen molar-refractivity contribution in [3.8, 4) is 0 Å². The van der Waals surface area contributed by atoms with Crippen LogP contribution < -0.4 is 0 Å². The summed E-state index contributed by atoms with van der Waals surface area (Å²) < 4.78 is 19.8. The summed E-state index contributed by atoms with van der Waals surface area (Å²) in [5.74, 6) is -0.445. The Balaban J connectivity index is 2.88. The molecule has 5 heteroatoms. The molecular weight excluding hydrogens is 290 g/mol. The van der Waals surface area contributed by atoms with Crippen molar-refractivity contribution in [2.45, 2.75) is 45.5 Å². The fourth-order valence-electron chi connectivity index (χ4n) is 1.19. The lowest BCUT2D eigenvalue weighted by Gasteiger charge is -2.36. The Hall–Kier alpha value is -0.0931. The first-order chi connectivity index (χ1) is 8.04. The van der Waals surface area contributed by atoms with Gasteiger partial charge in [0.15, 0.2) is 8.32 Å². The first-order valence-corrected chi connectivity index (χ1v) is 9.48. The summed E-state index contributed by atoms with van der Waals surface area (Å²) in [5.41, 5.74) is 0.414. The van der Waals surface area contributed by atoms with Gasteiger partial charge in [0.05, 0.1) is 11.6 Å². The fourth-order valence-corrected chi connectivity index (χ4v) is 2.67. The molecule has 0 bridgehead atoms. The first kappa shape index (κ1) is 16.0. The maximum Gasteiger partial charge on any atom is 0.192 e. The predicted molar refractivity (Wildman–Crippen MR) is 78.4 cm³/mol. The second kappa shape index (κ2) is 5.49. The van der Waals surface area contributed by atoms with Crippen molar-refractivity contribution in [3.05, 3.63) is 33.6 Å². The molecule has 0 saturated carbocycles. The Morgan fingerprint density at radius 2 is 1.78 bits per heavy atom. The van der Waals surface area contributed by atoms with Crippen LogP contribution in [0.2, 0.25) is 28.2 Å². The van der Waals surface area contributed by atoms with Crippen LogP contribution >= 0.6 is 23.2 Å². The van der Waals surface area contributed by atoms with E-state index in [9.17, 15) is 4.39 Å². The molecule has 0 N–H and O–H groups in total. The summed E-state index contributed by atoms with van der Waals surface area (Å²) in [5, 5.41) is 0.554. The van der Waals surface area contributed by atoms with E-state index in [1.165, 1.54) is 6.07 Å². The number of hydrogen-bond acceptors (Lipinski definition) is 1. The highest BCUT2D eigenvalue weighted by molar-refractivity contribution is 6.74. The molecule has 0 unspecified atom stereocenters. The zero-order valence-corrected chi connectivity index (χ0v) is 13.9. The third-order valence-corrected chi connectivity index (χ3v) is 8.43. The van der Waals surface area contributed by atoms with Crippen molar-refractivity contribution >= 4 is 31.5 Å². The Morgan fingerprint density at radius 1 is 1.22 bits per heavy atom. The van der Waals surface area contributed by atoms with Gasteiger partial charge in [-0.05, 0) is 30.3 Å². The molecule has 0 heterocycles. The fraction of sp³-hybridized carbons (Fsp3) is 0.538.